The van der Waals surface area contributed by atoms with E-state index >= 15 is 0 Å². The van der Waals surface area contributed by atoms with E-state index in [1.165, 1.54) is 152 Å². The van der Waals surface area contributed by atoms with Crippen LogP contribution in [-0.4, -0.2) is 137 Å². The molecule has 6 fully saturated rings. The first kappa shape index (κ1) is 89.7. The molecule has 129 heavy (non-hydrogen) atoms. The van der Waals surface area contributed by atoms with Gasteiger partial charge >= 0.3 is 5.97 Å². The fraction of sp³-hybridized carbons (Fsp3) is 0.429. The molecule has 9 N–H and O–H groups in total. The summed E-state index contributed by atoms with van der Waals surface area (Å²) >= 11 is 8.53. The first-order valence-corrected chi connectivity index (χ1v) is 51.1. The summed E-state index contributed by atoms with van der Waals surface area (Å²) in [6, 6.07) is 47.9. The predicted octanol–water partition coefficient (Wildman–Crippen LogP) is 23.4. The third-order valence-electron chi connectivity index (χ3n) is 24.7. The van der Waals surface area contributed by atoms with Crippen LogP contribution in [0, 0.1) is 20.8 Å². The summed E-state index contributed by atoms with van der Waals surface area (Å²) in [6.45, 7) is 12.7. The van der Waals surface area contributed by atoms with Gasteiger partial charge in [0.2, 0.25) is 29.7 Å². The molecule has 5 aromatic carbocycles. The molecule has 10 aromatic heterocycles. The van der Waals surface area contributed by atoms with Gasteiger partial charge in [-0.1, -0.05) is 131 Å². The van der Waals surface area contributed by atoms with Gasteiger partial charge in [-0.2, -0.15) is 36.7 Å². The minimum atomic E-state index is -0.446. The van der Waals surface area contributed by atoms with Gasteiger partial charge in [-0.3, -0.25) is 4.40 Å². The summed E-state index contributed by atoms with van der Waals surface area (Å²) in [5.74, 6) is 8.53. The molecule has 0 radical (unpaired) electrons. The molecule has 0 bridgehead atoms. The minimum absolute atomic E-state index is 0.0745. The number of aryl methyl sites for hydroxylation is 3. The van der Waals surface area contributed by atoms with Gasteiger partial charge in [-0.05, 0) is 202 Å². The third kappa shape index (κ3) is 23.5. The van der Waals surface area contributed by atoms with Gasteiger partial charge in [0.05, 0.1) is 86.5 Å². The maximum Gasteiger partial charge on any atom is 0.328 e. The molecule has 5 aliphatic carbocycles. The molecule has 672 valence electrons. The number of imidazole rings is 1. The molecule has 26 nitrogen and oxygen atoms in total. The zero-order valence-corrected chi connectivity index (χ0v) is 78.7. The van der Waals surface area contributed by atoms with Crippen LogP contribution >= 0.6 is 57.1 Å². The number of para-hydroxylation sites is 5. The highest BCUT2D eigenvalue weighted by molar-refractivity contribution is 7.98. The number of hydrogen-bond acceptors (Lipinski definition) is 30. The lowest BCUT2D eigenvalue weighted by molar-refractivity contribution is -0.144. The Morgan fingerprint density at radius 3 is 1.29 bits per heavy atom. The van der Waals surface area contributed by atoms with Gasteiger partial charge in [-0.25, -0.2) is 44.7 Å². The molecular weight excluding hydrogens is 1710 g/mol. The van der Waals surface area contributed by atoms with Gasteiger partial charge in [0, 0.05) is 96.6 Å². The number of anilines is 10. The van der Waals surface area contributed by atoms with Crippen molar-refractivity contribution in [2.75, 3.05) is 77.9 Å². The molecule has 1 saturated heterocycles. The second-order valence-electron chi connectivity index (χ2n) is 34.3. The van der Waals surface area contributed by atoms with Crippen LogP contribution in [0.25, 0.3) is 59.5 Å². The van der Waals surface area contributed by atoms with Gasteiger partial charge in [-0.15, -0.1) is 45.3 Å². The number of ether oxygens (including phenoxy) is 1. The Bertz CT molecular complexity index is 6170. The normalized spacial score (nSPS) is 16.6. The third-order valence-corrected chi connectivity index (χ3v) is 28.9. The number of esters is 1. The zero-order chi connectivity index (χ0) is 88.2. The van der Waals surface area contributed by atoms with Crippen LogP contribution in [0.15, 0.2) is 161 Å². The Morgan fingerprint density at radius 2 is 0.868 bits per heavy atom. The van der Waals surface area contributed by atoms with E-state index in [0.29, 0.717) is 86.2 Å². The lowest BCUT2D eigenvalue weighted by atomic mass is 10.2. The molecule has 0 spiro atoms. The summed E-state index contributed by atoms with van der Waals surface area (Å²) in [5.41, 5.74) is 9.04. The van der Waals surface area contributed by atoms with Crippen molar-refractivity contribution >= 4 is 181 Å². The van der Waals surface area contributed by atoms with Crippen LogP contribution in [0.1, 0.15) is 211 Å². The predicted molar refractivity (Wildman–Crippen MR) is 536 cm³/mol. The second-order valence-corrected chi connectivity index (χ2v) is 39.2. The average molecular weight is 1820 g/mol. The first-order valence-electron chi connectivity index (χ1n) is 46.2. The van der Waals surface area contributed by atoms with Gasteiger partial charge in [0.25, 0.3) is 0 Å². The number of benzene rings is 5. The summed E-state index contributed by atoms with van der Waals surface area (Å²) in [6.07, 6.45) is 32.2. The second kappa shape index (κ2) is 43.9. The van der Waals surface area contributed by atoms with Crippen molar-refractivity contribution in [2.24, 2.45) is 0 Å². The molecule has 5 saturated carbocycles. The number of rotatable bonds is 28. The van der Waals surface area contributed by atoms with Gasteiger partial charge in [0.15, 0.2) is 4.96 Å². The standard InChI is InChI=1S/C21H24N4S.C20H22N6S.C20H28N4O2S.C19H23N5S.C18H21N5S/c1-2-8-15(7-1)22-20-16-9-3-4-10-17(16)23-21(24-20)25-13-5-11-18(25)19-12-6-14-26-19;1-13-12-27-20-23-15(11-26(13)20)10-21-19-24-17-9-5-4-8-16(17)18(25-19)22-14-6-2-3-7-14;1-3-26-19(25)17(12-13-27-2)23-20-22-16-11-7-6-10-15(16)18(24-20)21-14-8-4-5-9-14;1-12(17-11-25-13(2)21-17)20-19-23-16-10-6-5-9-15(16)18(24-19)22-14-7-3-4-8-14;1-12-20-14(11-24-12)10-19-18-22-16-9-5-4-8-15(16)17(23-18)21-13-6-2-3-7-13/h3-4,6,9-10,12,14-15,18H,1-2,5,7-8,11,13H2,(H,22,23,24);4-5,8-9,11-12,14H,2-3,6-7,10H2,1H3,(H2,21,22,24,25);6-7,10-11,14,17H,3-5,8-9,12-13H2,1-2H3,(H2,21,22,23,24);5-6,9-12,14H,3-4,7-8H2,1-2H3,(H2,20,22,23,24);4-5,8-9,11,13H,2-3,6-7,10H2,1H3,(H2,19,21,22,23)/t;;17-;;/m..0../s1. The van der Waals surface area contributed by atoms with E-state index in [2.05, 4.69) is 178 Å². The molecule has 1 aliphatic heterocycles. The van der Waals surface area contributed by atoms with E-state index in [0.717, 1.165) is 134 Å². The maximum atomic E-state index is 12.3. The maximum absolute atomic E-state index is 12.3. The van der Waals surface area contributed by atoms with Crippen LogP contribution in [0.3, 0.4) is 0 Å². The van der Waals surface area contributed by atoms with E-state index in [1.54, 1.807) is 45.8 Å². The van der Waals surface area contributed by atoms with E-state index in [-0.39, 0.29) is 12.0 Å². The number of hydrogen-bond donors (Lipinski definition) is 9. The van der Waals surface area contributed by atoms with Crippen LogP contribution in [0.4, 0.5) is 58.8 Å². The van der Waals surface area contributed by atoms with E-state index in [1.807, 2.05) is 117 Å². The smallest absolute Gasteiger partial charge is 0.328 e. The van der Waals surface area contributed by atoms with E-state index in [4.69, 9.17) is 44.6 Å². The number of thiazole rings is 3. The quantitative estimate of drug-likeness (QED) is 0.0206. The largest absolute Gasteiger partial charge is 0.464 e. The summed E-state index contributed by atoms with van der Waals surface area (Å²) in [7, 11) is 0. The summed E-state index contributed by atoms with van der Waals surface area (Å²) in [4.78, 5) is 78.5. The van der Waals surface area contributed by atoms with Crippen LogP contribution in [0.5, 0.6) is 0 Å². The number of carbonyl (C=O) groups excluding carboxylic acids is 1. The van der Waals surface area contributed by atoms with Crippen molar-refractivity contribution in [3.05, 3.63) is 199 Å². The molecule has 15 aromatic rings. The fourth-order valence-electron chi connectivity index (χ4n) is 18.0. The molecule has 21 rings (SSSR count). The Labute approximate surface area is 775 Å². The molecule has 2 unspecified atom stereocenters. The Hall–Kier alpha value is -11.3. The lowest BCUT2D eigenvalue weighted by Crippen LogP contribution is -2.33. The number of fused-ring (bicyclic) bond motifs is 6. The average Bonchev–Trinajstić information content (AvgIpc) is 1.61. The van der Waals surface area contributed by atoms with E-state index < -0.39 is 6.04 Å². The van der Waals surface area contributed by atoms with E-state index in [9.17, 15) is 4.79 Å². The highest BCUT2D eigenvalue weighted by atomic mass is 32.2. The summed E-state index contributed by atoms with van der Waals surface area (Å²) < 4.78 is 7.34. The van der Waals surface area contributed by atoms with Crippen molar-refractivity contribution in [3.63, 3.8) is 0 Å². The molecular formula is C98H118N24O2S5. The van der Waals surface area contributed by atoms with Gasteiger partial charge < -0.3 is 57.5 Å². The topological polar surface area (TPSA) is 310 Å². The van der Waals surface area contributed by atoms with Crippen LogP contribution in [-0.2, 0) is 22.6 Å². The zero-order valence-electron chi connectivity index (χ0n) is 74.6. The number of thiophene rings is 1. The molecule has 0 amide bonds. The Kier molecular flexibility index (Phi) is 30.5. The summed E-state index contributed by atoms with van der Waals surface area (Å²) in [5, 5.41) is 47.5. The highest BCUT2D eigenvalue weighted by Gasteiger charge is 2.32. The van der Waals surface area contributed by atoms with Crippen LogP contribution < -0.4 is 52.8 Å². The molecule has 3 atom stereocenters. The monoisotopic (exact) mass is 1820 g/mol. The highest BCUT2D eigenvalue weighted by Crippen LogP contribution is 2.40. The molecule has 11 heterocycles. The van der Waals surface area contributed by atoms with Crippen molar-refractivity contribution in [3.8, 4) is 0 Å². The minimum Gasteiger partial charge on any atom is -0.464 e. The SMILES string of the molecule is CCOC(=O)[C@H](CCSC)Nc1nc(NC2CCCC2)c2ccccc2n1.Cc1csc2nc(CNc3nc(NC4CCCC4)c4ccccc4n3)cn12.Cc1nc(C(C)Nc2nc(NC3CCCC3)c3ccccc3n2)cs1.Cc1nc(CNc2nc(NC3CCCC3)c3ccccc3n2)cs1.c1csc(C2CCCN2c2nc(NC3CCCC3)c3ccccc3n2)c1. The van der Waals surface area contributed by atoms with Gasteiger partial charge in [0.1, 0.15) is 35.1 Å². The lowest BCUT2D eigenvalue weighted by Gasteiger charge is -2.25. The Morgan fingerprint density at radius 1 is 0.442 bits per heavy atom. The first-order chi connectivity index (χ1) is 63.3. The Balaban J connectivity index is 0.000000113. The number of thioether (sulfide) groups is 1. The number of nitrogens with one attached hydrogen (secondary N) is 9. The van der Waals surface area contributed by atoms with Crippen molar-refractivity contribution < 1.29 is 9.53 Å². The van der Waals surface area contributed by atoms with Crippen molar-refractivity contribution in [1.82, 2.24) is 69.2 Å². The number of carbonyl (C=O) groups is 1. The number of nitrogens with zero attached hydrogens (tertiary/aromatic N) is 15. The fourth-order valence-corrected chi connectivity index (χ4v) is 21.6. The van der Waals surface area contributed by atoms with Crippen molar-refractivity contribution in [2.45, 2.75) is 244 Å². The number of aromatic nitrogens is 14. The molecule has 6 aliphatic rings. The van der Waals surface area contributed by atoms with Crippen molar-refractivity contribution in [1.29, 1.82) is 0 Å². The van der Waals surface area contributed by atoms with Crippen LogP contribution in [0.2, 0.25) is 0 Å². The molecule has 31 heteroatoms.